The van der Waals surface area contributed by atoms with Gasteiger partial charge in [-0.15, -0.1) is 0 Å². The third kappa shape index (κ3) is 7.42. The standard InChI is InChI=1S/C24H35N3O2/c1-3-5-14-27(15-6-4-2)16-7-17-29-21-11-8-19(9-12-21)24(28)20-10-13-22(25)23(26)18-20/h8-13,18H,3-7,14-17,25-26H2,1-2H3. The van der Waals surface area contributed by atoms with Crippen molar-refractivity contribution >= 4 is 17.2 Å². The second-order valence-electron chi connectivity index (χ2n) is 7.45. The van der Waals surface area contributed by atoms with E-state index in [1.165, 1.54) is 38.8 Å². The number of carbonyl (C=O) groups excluding carboxylic acids is 1. The number of hydrogen-bond acceptors (Lipinski definition) is 5. The van der Waals surface area contributed by atoms with Crippen LogP contribution in [0.5, 0.6) is 5.75 Å². The highest BCUT2D eigenvalue weighted by Gasteiger charge is 2.10. The van der Waals surface area contributed by atoms with E-state index in [0.29, 0.717) is 29.1 Å². The minimum Gasteiger partial charge on any atom is -0.494 e. The molecule has 0 heterocycles. The molecule has 0 bridgehead atoms. The molecule has 0 saturated heterocycles. The average molecular weight is 398 g/mol. The smallest absolute Gasteiger partial charge is 0.193 e. The Morgan fingerprint density at radius 2 is 1.41 bits per heavy atom. The summed E-state index contributed by atoms with van der Waals surface area (Å²) >= 11 is 0. The molecule has 5 heteroatoms. The number of nitrogen functional groups attached to an aromatic ring is 2. The first-order valence-electron chi connectivity index (χ1n) is 10.7. The molecule has 2 aromatic rings. The zero-order valence-electron chi connectivity index (χ0n) is 17.8. The molecule has 5 nitrogen and oxygen atoms in total. The van der Waals surface area contributed by atoms with Crippen molar-refractivity contribution in [2.75, 3.05) is 37.7 Å². The van der Waals surface area contributed by atoms with Gasteiger partial charge in [-0.05, 0) is 74.8 Å². The van der Waals surface area contributed by atoms with Crippen LogP contribution in [0.25, 0.3) is 0 Å². The Kier molecular flexibility index (Phi) is 9.51. The average Bonchev–Trinajstić information content (AvgIpc) is 2.74. The van der Waals surface area contributed by atoms with Crippen LogP contribution in [0.3, 0.4) is 0 Å². The summed E-state index contributed by atoms with van der Waals surface area (Å²) in [7, 11) is 0. The zero-order valence-corrected chi connectivity index (χ0v) is 17.8. The molecule has 4 N–H and O–H groups in total. The highest BCUT2D eigenvalue weighted by atomic mass is 16.5. The molecule has 0 aromatic heterocycles. The summed E-state index contributed by atoms with van der Waals surface area (Å²) in [6, 6.07) is 12.2. The van der Waals surface area contributed by atoms with Gasteiger partial charge in [-0.3, -0.25) is 4.79 Å². The molecule has 2 rings (SSSR count). The fourth-order valence-electron chi connectivity index (χ4n) is 3.16. The van der Waals surface area contributed by atoms with Crippen molar-refractivity contribution in [3.05, 3.63) is 53.6 Å². The van der Waals surface area contributed by atoms with Crippen LogP contribution in [-0.2, 0) is 0 Å². The predicted molar refractivity (Wildman–Crippen MR) is 122 cm³/mol. The number of rotatable bonds is 13. The van der Waals surface area contributed by atoms with Crippen LogP contribution < -0.4 is 16.2 Å². The SMILES string of the molecule is CCCCN(CCCC)CCCOc1ccc(C(=O)c2ccc(N)c(N)c2)cc1. The Morgan fingerprint density at radius 1 is 0.828 bits per heavy atom. The maximum absolute atomic E-state index is 12.6. The number of carbonyl (C=O) groups is 1. The van der Waals surface area contributed by atoms with Crippen molar-refractivity contribution in [1.82, 2.24) is 4.90 Å². The van der Waals surface area contributed by atoms with E-state index in [0.717, 1.165) is 18.7 Å². The molecular weight excluding hydrogens is 362 g/mol. The molecule has 0 radical (unpaired) electrons. The van der Waals surface area contributed by atoms with Crippen LogP contribution in [-0.4, -0.2) is 36.9 Å². The summed E-state index contributed by atoms with van der Waals surface area (Å²) in [4.78, 5) is 15.1. The van der Waals surface area contributed by atoms with Gasteiger partial charge in [-0.25, -0.2) is 0 Å². The Hall–Kier alpha value is -2.53. The topological polar surface area (TPSA) is 81.6 Å². The summed E-state index contributed by atoms with van der Waals surface area (Å²) in [5.74, 6) is 0.706. The third-order valence-electron chi connectivity index (χ3n) is 5.01. The van der Waals surface area contributed by atoms with Gasteiger partial charge in [0.15, 0.2) is 5.78 Å². The minimum atomic E-state index is -0.0780. The lowest BCUT2D eigenvalue weighted by molar-refractivity contribution is 0.103. The summed E-state index contributed by atoms with van der Waals surface area (Å²) in [5.41, 5.74) is 13.6. The quantitative estimate of drug-likeness (QED) is 0.289. The lowest BCUT2D eigenvalue weighted by Gasteiger charge is -2.21. The van der Waals surface area contributed by atoms with Gasteiger partial charge in [0.2, 0.25) is 0 Å². The molecule has 0 aliphatic carbocycles. The fourth-order valence-corrected chi connectivity index (χ4v) is 3.16. The molecular formula is C24H35N3O2. The van der Waals surface area contributed by atoms with Gasteiger partial charge >= 0.3 is 0 Å². The molecule has 0 spiro atoms. The van der Waals surface area contributed by atoms with Crippen molar-refractivity contribution in [3.8, 4) is 5.75 Å². The van der Waals surface area contributed by atoms with Gasteiger partial charge < -0.3 is 21.1 Å². The normalized spacial score (nSPS) is 11.0. The fraction of sp³-hybridized carbons (Fsp3) is 0.458. The Morgan fingerprint density at radius 3 is 2.00 bits per heavy atom. The number of ketones is 1. The van der Waals surface area contributed by atoms with Crippen molar-refractivity contribution < 1.29 is 9.53 Å². The summed E-state index contributed by atoms with van der Waals surface area (Å²) in [6.45, 7) is 8.55. The van der Waals surface area contributed by atoms with E-state index < -0.39 is 0 Å². The van der Waals surface area contributed by atoms with Gasteiger partial charge in [-0.2, -0.15) is 0 Å². The molecule has 0 fully saturated rings. The van der Waals surface area contributed by atoms with Gasteiger partial charge in [0.25, 0.3) is 0 Å². The Bertz CT molecular complexity index is 751. The van der Waals surface area contributed by atoms with Gasteiger partial charge in [0.1, 0.15) is 5.75 Å². The first-order valence-corrected chi connectivity index (χ1v) is 10.7. The Balaban J connectivity index is 1.82. The molecule has 0 aliphatic rings. The van der Waals surface area contributed by atoms with E-state index in [9.17, 15) is 4.79 Å². The molecule has 29 heavy (non-hydrogen) atoms. The maximum Gasteiger partial charge on any atom is 0.193 e. The van der Waals surface area contributed by atoms with E-state index in [1.807, 2.05) is 12.1 Å². The van der Waals surface area contributed by atoms with Crippen molar-refractivity contribution in [2.24, 2.45) is 0 Å². The third-order valence-corrected chi connectivity index (χ3v) is 5.01. The number of hydrogen-bond donors (Lipinski definition) is 2. The number of nitrogens with two attached hydrogens (primary N) is 2. The van der Waals surface area contributed by atoms with Crippen LogP contribution >= 0.6 is 0 Å². The van der Waals surface area contributed by atoms with E-state index in [1.54, 1.807) is 30.3 Å². The van der Waals surface area contributed by atoms with Crippen LogP contribution in [0.1, 0.15) is 61.9 Å². The molecule has 0 atom stereocenters. The lowest BCUT2D eigenvalue weighted by Crippen LogP contribution is -2.28. The number of anilines is 2. The lowest BCUT2D eigenvalue weighted by atomic mass is 10.0. The monoisotopic (exact) mass is 397 g/mol. The first-order chi connectivity index (χ1) is 14.0. The highest BCUT2D eigenvalue weighted by Crippen LogP contribution is 2.20. The van der Waals surface area contributed by atoms with Crippen LogP contribution in [0.15, 0.2) is 42.5 Å². The van der Waals surface area contributed by atoms with Crippen molar-refractivity contribution in [2.45, 2.75) is 46.0 Å². The van der Waals surface area contributed by atoms with Crippen molar-refractivity contribution in [1.29, 1.82) is 0 Å². The predicted octanol–water partition coefficient (Wildman–Crippen LogP) is 4.75. The molecule has 0 aliphatic heterocycles. The van der Waals surface area contributed by atoms with Gasteiger partial charge in [0.05, 0.1) is 18.0 Å². The van der Waals surface area contributed by atoms with E-state index >= 15 is 0 Å². The molecule has 0 unspecified atom stereocenters. The Labute approximate surface area is 175 Å². The summed E-state index contributed by atoms with van der Waals surface area (Å²) < 4.78 is 5.87. The number of unbranched alkanes of at least 4 members (excludes halogenated alkanes) is 2. The summed E-state index contributed by atoms with van der Waals surface area (Å²) in [5, 5.41) is 0. The molecule has 0 saturated carbocycles. The summed E-state index contributed by atoms with van der Waals surface area (Å²) in [6.07, 6.45) is 5.96. The molecule has 0 amide bonds. The van der Waals surface area contributed by atoms with Crippen LogP contribution in [0.4, 0.5) is 11.4 Å². The molecule has 2 aromatic carbocycles. The van der Waals surface area contributed by atoms with Gasteiger partial charge in [-0.1, -0.05) is 26.7 Å². The minimum absolute atomic E-state index is 0.0780. The van der Waals surface area contributed by atoms with Gasteiger partial charge in [0, 0.05) is 17.7 Å². The zero-order chi connectivity index (χ0) is 21.1. The number of ether oxygens (including phenoxy) is 1. The number of benzene rings is 2. The highest BCUT2D eigenvalue weighted by molar-refractivity contribution is 6.09. The van der Waals surface area contributed by atoms with Crippen molar-refractivity contribution in [3.63, 3.8) is 0 Å². The molecule has 158 valence electrons. The second-order valence-corrected chi connectivity index (χ2v) is 7.45. The largest absolute Gasteiger partial charge is 0.494 e. The van der Waals surface area contributed by atoms with Crippen LogP contribution in [0, 0.1) is 0 Å². The number of nitrogens with zero attached hydrogens (tertiary/aromatic N) is 1. The van der Waals surface area contributed by atoms with E-state index in [-0.39, 0.29) is 5.78 Å². The van der Waals surface area contributed by atoms with E-state index in [4.69, 9.17) is 16.2 Å². The second kappa shape index (κ2) is 12.1. The van der Waals surface area contributed by atoms with Crippen LogP contribution in [0.2, 0.25) is 0 Å². The maximum atomic E-state index is 12.6. The van der Waals surface area contributed by atoms with E-state index in [2.05, 4.69) is 18.7 Å². The first kappa shape index (κ1) is 22.8.